The molecule has 0 fully saturated rings. The Morgan fingerprint density at radius 3 is 1.09 bits per heavy atom. The zero-order valence-corrected chi connectivity index (χ0v) is 28.7. The fourth-order valence-electron chi connectivity index (χ4n) is 4.96. The molecule has 0 saturated carbocycles. The van der Waals surface area contributed by atoms with Crippen molar-refractivity contribution in [3.8, 4) is 0 Å². The first kappa shape index (κ1) is 41.4. The summed E-state index contributed by atoms with van der Waals surface area (Å²) >= 11 is 0. The van der Waals surface area contributed by atoms with Crippen molar-refractivity contribution < 1.29 is 33.3 Å². The molecule has 0 aliphatic heterocycles. The Kier molecular flexibility index (Phi) is 29.2. The molecule has 0 spiro atoms. The SMILES string of the molecule is CCCCCCCCCCCCCCCCCCOC(CC(=O)OCCCC)(CC(=O)OCCCC)C(=O)OCCCC. The van der Waals surface area contributed by atoms with E-state index in [1.807, 2.05) is 20.8 Å². The molecule has 0 aromatic rings. The minimum absolute atomic E-state index is 0.218. The van der Waals surface area contributed by atoms with Crippen molar-refractivity contribution in [2.45, 2.75) is 187 Å². The summed E-state index contributed by atoms with van der Waals surface area (Å²) in [6.07, 6.45) is 24.4. The number of unbranched alkanes of at least 4 members (excludes halogenated alkanes) is 18. The molecule has 0 aliphatic carbocycles. The quantitative estimate of drug-likeness (QED) is 0.0424. The summed E-state index contributed by atoms with van der Waals surface area (Å²) in [7, 11) is 0. The van der Waals surface area contributed by atoms with Crippen LogP contribution in [-0.2, 0) is 33.3 Å². The Balaban J connectivity index is 4.67. The first-order valence-corrected chi connectivity index (χ1v) is 18.1. The van der Waals surface area contributed by atoms with Gasteiger partial charge in [0, 0.05) is 6.61 Å². The van der Waals surface area contributed by atoms with Crippen molar-refractivity contribution in [3.63, 3.8) is 0 Å². The van der Waals surface area contributed by atoms with Gasteiger partial charge >= 0.3 is 17.9 Å². The monoisotopic (exact) mass is 612 g/mol. The minimum Gasteiger partial charge on any atom is -0.466 e. The molecule has 0 bridgehead atoms. The molecule has 0 heterocycles. The van der Waals surface area contributed by atoms with E-state index >= 15 is 0 Å². The highest BCUT2D eigenvalue weighted by Crippen LogP contribution is 2.26. The van der Waals surface area contributed by atoms with Crippen LogP contribution in [0, 0.1) is 0 Å². The molecule has 0 aromatic carbocycles. The normalized spacial score (nSPS) is 11.4. The van der Waals surface area contributed by atoms with Gasteiger partial charge in [0.15, 0.2) is 5.60 Å². The number of ether oxygens (including phenoxy) is 4. The van der Waals surface area contributed by atoms with Crippen LogP contribution in [0.1, 0.15) is 182 Å². The highest BCUT2D eigenvalue weighted by atomic mass is 16.6. The van der Waals surface area contributed by atoms with Crippen molar-refractivity contribution in [3.05, 3.63) is 0 Å². The molecule has 7 heteroatoms. The average molecular weight is 613 g/mol. The molecule has 0 radical (unpaired) electrons. The van der Waals surface area contributed by atoms with Crippen LogP contribution in [-0.4, -0.2) is 49.9 Å². The molecule has 7 nitrogen and oxygen atoms in total. The van der Waals surface area contributed by atoms with Crippen LogP contribution < -0.4 is 0 Å². The summed E-state index contributed by atoms with van der Waals surface area (Å²) in [5.74, 6) is -1.80. The van der Waals surface area contributed by atoms with E-state index < -0.39 is 23.5 Å². The van der Waals surface area contributed by atoms with Crippen LogP contribution in [0.25, 0.3) is 0 Å². The van der Waals surface area contributed by atoms with E-state index in [4.69, 9.17) is 18.9 Å². The second kappa shape index (κ2) is 30.4. The van der Waals surface area contributed by atoms with E-state index in [9.17, 15) is 14.4 Å². The third-order valence-corrected chi connectivity index (χ3v) is 7.86. The van der Waals surface area contributed by atoms with Gasteiger partial charge in [-0.1, -0.05) is 143 Å². The fraction of sp³-hybridized carbons (Fsp3) is 0.917. The van der Waals surface area contributed by atoms with Crippen LogP contribution in [0.15, 0.2) is 0 Å². The van der Waals surface area contributed by atoms with Gasteiger partial charge in [0.25, 0.3) is 0 Å². The molecule has 254 valence electrons. The van der Waals surface area contributed by atoms with Crippen LogP contribution in [0.2, 0.25) is 0 Å². The second-order valence-corrected chi connectivity index (χ2v) is 12.1. The van der Waals surface area contributed by atoms with Crippen LogP contribution >= 0.6 is 0 Å². The molecule has 0 amide bonds. The van der Waals surface area contributed by atoms with Gasteiger partial charge < -0.3 is 18.9 Å². The highest BCUT2D eigenvalue weighted by molar-refractivity contribution is 5.90. The molecule has 0 N–H and O–H groups in total. The third-order valence-electron chi connectivity index (χ3n) is 7.86. The van der Waals surface area contributed by atoms with Crippen molar-refractivity contribution in [1.29, 1.82) is 0 Å². The minimum atomic E-state index is -1.73. The lowest BCUT2D eigenvalue weighted by atomic mass is 9.94. The van der Waals surface area contributed by atoms with Gasteiger partial charge in [-0.3, -0.25) is 9.59 Å². The van der Waals surface area contributed by atoms with Gasteiger partial charge in [0.05, 0.1) is 32.7 Å². The maximum Gasteiger partial charge on any atom is 0.339 e. The fourth-order valence-corrected chi connectivity index (χ4v) is 4.96. The number of carbonyl (C=O) groups excluding carboxylic acids is 3. The van der Waals surface area contributed by atoms with Crippen molar-refractivity contribution in [1.82, 2.24) is 0 Å². The molecule has 0 saturated heterocycles. The molecule has 43 heavy (non-hydrogen) atoms. The molecular formula is C36H68O7. The summed E-state index contributed by atoms with van der Waals surface area (Å²) in [4.78, 5) is 38.8. The molecule has 0 unspecified atom stereocenters. The Hall–Kier alpha value is -1.63. The van der Waals surface area contributed by atoms with Crippen LogP contribution in [0.5, 0.6) is 0 Å². The van der Waals surface area contributed by atoms with Crippen LogP contribution in [0.3, 0.4) is 0 Å². The number of carbonyl (C=O) groups is 3. The Morgan fingerprint density at radius 1 is 0.395 bits per heavy atom. The topological polar surface area (TPSA) is 88.1 Å². The van der Waals surface area contributed by atoms with Gasteiger partial charge in [-0.05, 0) is 25.7 Å². The number of hydrogen-bond donors (Lipinski definition) is 0. The predicted octanol–water partition coefficient (Wildman–Crippen LogP) is 9.81. The Labute approximate surface area is 264 Å². The van der Waals surface area contributed by atoms with Gasteiger partial charge in [0.2, 0.25) is 0 Å². The molecule has 0 aliphatic rings. The maximum absolute atomic E-state index is 13.3. The highest BCUT2D eigenvalue weighted by Gasteiger charge is 2.46. The number of hydrogen-bond acceptors (Lipinski definition) is 7. The zero-order chi connectivity index (χ0) is 31.9. The maximum atomic E-state index is 13.3. The molecule has 0 aromatic heterocycles. The first-order valence-electron chi connectivity index (χ1n) is 18.1. The van der Waals surface area contributed by atoms with E-state index in [0.717, 1.165) is 51.4 Å². The Bertz CT molecular complexity index is 640. The van der Waals surface area contributed by atoms with Crippen LogP contribution in [0.4, 0.5) is 0 Å². The summed E-state index contributed by atoms with van der Waals surface area (Å²) < 4.78 is 22.3. The third kappa shape index (κ3) is 24.4. The van der Waals surface area contributed by atoms with Crippen molar-refractivity contribution in [2.75, 3.05) is 26.4 Å². The zero-order valence-electron chi connectivity index (χ0n) is 28.7. The average Bonchev–Trinajstić information content (AvgIpc) is 2.99. The predicted molar refractivity (Wildman–Crippen MR) is 175 cm³/mol. The smallest absolute Gasteiger partial charge is 0.339 e. The molecule has 0 atom stereocenters. The van der Waals surface area contributed by atoms with E-state index in [2.05, 4.69) is 6.92 Å². The van der Waals surface area contributed by atoms with Gasteiger partial charge in [0.1, 0.15) is 0 Å². The lowest BCUT2D eigenvalue weighted by molar-refractivity contribution is -0.186. The summed E-state index contributed by atoms with van der Waals surface area (Å²) in [5, 5.41) is 0. The standard InChI is InChI=1S/C36H68O7/c1-5-9-13-14-15-16-17-18-19-20-21-22-23-24-25-26-30-43-36(35(39)42-29-12-8-4,31-33(37)40-27-10-6-2)32-34(38)41-28-11-7-3/h5-32H2,1-4H3. The summed E-state index contributed by atoms with van der Waals surface area (Å²) in [5.41, 5.74) is -1.73. The lowest BCUT2D eigenvalue weighted by Gasteiger charge is -2.30. The summed E-state index contributed by atoms with van der Waals surface area (Å²) in [6, 6.07) is 0. The van der Waals surface area contributed by atoms with E-state index in [1.165, 1.54) is 83.5 Å². The van der Waals surface area contributed by atoms with Gasteiger partial charge in [-0.15, -0.1) is 0 Å². The van der Waals surface area contributed by atoms with Crippen molar-refractivity contribution in [2.24, 2.45) is 0 Å². The van der Waals surface area contributed by atoms with E-state index in [0.29, 0.717) is 6.42 Å². The first-order chi connectivity index (χ1) is 21.0. The van der Waals surface area contributed by atoms with E-state index in [1.54, 1.807) is 0 Å². The van der Waals surface area contributed by atoms with Crippen molar-refractivity contribution >= 4 is 17.9 Å². The van der Waals surface area contributed by atoms with Gasteiger partial charge in [-0.25, -0.2) is 4.79 Å². The largest absolute Gasteiger partial charge is 0.466 e. The second-order valence-electron chi connectivity index (χ2n) is 12.1. The number of rotatable bonds is 32. The van der Waals surface area contributed by atoms with E-state index in [-0.39, 0.29) is 39.3 Å². The molecule has 0 rings (SSSR count). The molecular weight excluding hydrogens is 544 g/mol. The Morgan fingerprint density at radius 2 is 0.721 bits per heavy atom. The number of esters is 3. The summed E-state index contributed by atoms with van der Waals surface area (Å²) in [6.45, 7) is 9.33. The lowest BCUT2D eigenvalue weighted by Crippen LogP contribution is -2.47. The van der Waals surface area contributed by atoms with Gasteiger partial charge in [-0.2, -0.15) is 0 Å².